The first-order chi connectivity index (χ1) is 9.77. The quantitative estimate of drug-likeness (QED) is 0.745. The predicted octanol–water partition coefficient (Wildman–Crippen LogP) is 3.51. The van der Waals surface area contributed by atoms with Crippen LogP contribution < -0.4 is 0 Å². The summed E-state index contributed by atoms with van der Waals surface area (Å²) in [6, 6.07) is 0. The summed E-state index contributed by atoms with van der Waals surface area (Å²) < 4.78 is 10.7. The number of nitrogens with zero attached hydrogens (tertiary/aromatic N) is 1. The van der Waals surface area contributed by atoms with Gasteiger partial charge < -0.3 is 9.47 Å². The zero-order chi connectivity index (χ0) is 16.1. The van der Waals surface area contributed by atoms with Crippen LogP contribution in [0.25, 0.3) is 0 Å². The van der Waals surface area contributed by atoms with Gasteiger partial charge in [0.05, 0.1) is 6.61 Å². The summed E-state index contributed by atoms with van der Waals surface area (Å²) in [5.74, 6) is -0.294. The molecule has 1 unspecified atom stereocenters. The monoisotopic (exact) mass is 299 g/mol. The number of ether oxygens (including phenoxy) is 2. The minimum Gasteiger partial charge on any atom is -0.464 e. The third kappa shape index (κ3) is 4.35. The van der Waals surface area contributed by atoms with Crippen molar-refractivity contribution in [2.75, 3.05) is 13.2 Å². The topological polar surface area (TPSA) is 55.8 Å². The Labute approximate surface area is 128 Å². The molecular formula is C16H29NO4. The van der Waals surface area contributed by atoms with Crippen molar-refractivity contribution in [1.29, 1.82) is 0 Å². The molecule has 1 atom stereocenters. The van der Waals surface area contributed by atoms with E-state index in [9.17, 15) is 9.59 Å². The average Bonchev–Trinajstić information content (AvgIpc) is 2.37. The van der Waals surface area contributed by atoms with Crippen LogP contribution in [-0.2, 0) is 14.3 Å². The lowest BCUT2D eigenvalue weighted by Crippen LogP contribution is -2.60. The number of hydrogen-bond acceptors (Lipinski definition) is 4. The summed E-state index contributed by atoms with van der Waals surface area (Å²) >= 11 is 0. The fourth-order valence-electron chi connectivity index (χ4n) is 2.87. The summed E-state index contributed by atoms with van der Waals surface area (Å²) in [6.07, 6.45) is 3.49. The summed E-state index contributed by atoms with van der Waals surface area (Å²) in [5.41, 5.74) is -1.42. The van der Waals surface area contributed by atoms with Gasteiger partial charge in [0.25, 0.3) is 0 Å². The van der Waals surface area contributed by atoms with Crippen LogP contribution in [0.4, 0.5) is 4.79 Å². The summed E-state index contributed by atoms with van der Waals surface area (Å²) in [5, 5.41) is 0. The van der Waals surface area contributed by atoms with Crippen LogP contribution in [0.3, 0.4) is 0 Å². The SMILES string of the molecule is CCCC1(C(=O)OCC)CCCCN1C(=O)OC(C)(C)C. The number of carbonyl (C=O) groups is 2. The van der Waals surface area contributed by atoms with Crippen molar-refractivity contribution in [2.24, 2.45) is 0 Å². The highest BCUT2D eigenvalue weighted by molar-refractivity contribution is 5.86. The van der Waals surface area contributed by atoms with Crippen molar-refractivity contribution >= 4 is 12.1 Å². The number of esters is 1. The van der Waals surface area contributed by atoms with Gasteiger partial charge in [0.1, 0.15) is 11.1 Å². The molecule has 122 valence electrons. The van der Waals surface area contributed by atoms with E-state index in [1.54, 1.807) is 11.8 Å². The lowest BCUT2D eigenvalue weighted by Gasteiger charge is -2.45. The van der Waals surface area contributed by atoms with E-state index in [1.807, 2.05) is 27.7 Å². The highest BCUT2D eigenvalue weighted by Crippen LogP contribution is 2.35. The average molecular weight is 299 g/mol. The van der Waals surface area contributed by atoms with Gasteiger partial charge in [-0.1, -0.05) is 13.3 Å². The van der Waals surface area contributed by atoms with Crippen molar-refractivity contribution in [2.45, 2.75) is 77.9 Å². The molecule has 0 aromatic carbocycles. The molecule has 0 aliphatic carbocycles. The Morgan fingerprint density at radius 2 is 1.86 bits per heavy atom. The molecule has 1 aliphatic heterocycles. The fourth-order valence-corrected chi connectivity index (χ4v) is 2.87. The molecule has 1 aliphatic rings. The van der Waals surface area contributed by atoms with E-state index in [4.69, 9.17) is 9.47 Å². The third-order valence-corrected chi connectivity index (χ3v) is 3.67. The standard InChI is InChI=1S/C16H29NO4/c1-6-10-16(13(18)20-7-2)11-8-9-12-17(16)14(19)21-15(3,4)5/h6-12H2,1-5H3. The van der Waals surface area contributed by atoms with Crippen LogP contribution in [0.5, 0.6) is 0 Å². The Morgan fingerprint density at radius 1 is 1.19 bits per heavy atom. The van der Waals surface area contributed by atoms with Crippen molar-refractivity contribution in [3.63, 3.8) is 0 Å². The van der Waals surface area contributed by atoms with E-state index in [0.29, 0.717) is 26.0 Å². The first kappa shape index (κ1) is 17.8. The van der Waals surface area contributed by atoms with Crippen LogP contribution >= 0.6 is 0 Å². The first-order valence-corrected chi connectivity index (χ1v) is 7.94. The molecule has 0 aromatic rings. The number of piperidine rings is 1. The van der Waals surface area contributed by atoms with E-state index in [1.165, 1.54) is 0 Å². The number of carbonyl (C=O) groups excluding carboxylic acids is 2. The number of amides is 1. The van der Waals surface area contributed by atoms with Crippen molar-refractivity contribution in [3.05, 3.63) is 0 Å². The molecule has 1 rings (SSSR count). The van der Waals surface area contributed by atoms with Gasteiger partial charge in [-0.15, -0.1) is 0 Å². The smallest absolute Gasteiger partial charge is 0.411 e. The van der Waals surface area contributed by atoms with Crippen LogP contribution in [0.1, 0.15) is 66.7 Å². The molecule has 1 saturated heterocycles. The maximum atomic E-state index is 12.5. The summed E-state index contributed by atoms with van der Waals surface area (Å²) in [7, 11) is 0. The molecule has 0 spiro atoms. The molecule has 0 aromatic heterocycles. The van der Waals surface area contributed by atoms with Crippen molar-refractivity contribution in [3.8, 4) is 0 Å². The molecule has 1 fully saturated rings. The van der Waals surface area contributed by atoms with Gasteiger partial charge in [-0.05, 0) is 53.4 Å². The number of likely N-dealkylation sites (tertiary alicyclic amines) is 1. The fraction of sp³-hybridized carbons (Fsp3) is 0.875. The van der Waals surface area contributed by atoms with Gasteiger partial charge >= 0.3 is 12.1 Å². The highest BCUT2D eigenvalue weighted by Gasteiger charge is 2.49. The second-order valence-electron chi connectivity index (χ2n) is 6.59. The van der Waals surface area contributed by atoms with Gasteiger partial charge in [-0.25, -0.2) is 9.59 Å². The predicted molar refractivity (Wildman–Crippen MR) is 81.1 cm³/mol. The maximum absolute atomic E-state index is 12.5. The molecule has 1 heterocycles. The lowest BCUT2D eigenvalue weighted by atomic mass is 9.83. The largest absolute Gasteiger partial charge is 0.464 e. The van der Waals surface area contributed by atoms with Crippen molar-refractivity contribution in [1.82, 2.24) is 4.90 Å². The molecule has 0 N–H and O–H groups in total. The van der Waals surface area contributed by atoms with Crippen LogP contribution in [0.15, 0.2) is 0 Å². The summed E-state index contributed by atoms with van der Waals surface area (Å²) in [4.78, 5) is 26.6. The molecule has 5 nitrogen and oxygen atoms in total. The molecule has 21 heavy (non-hydrogen) atoms. The molecule has 0 radical (unpaired) electrons. The zero-order valence-corrected chi connectivity index (χ0v) is 14.0. The first-order valence-electron chi connectivity index (χ1n) is 7.94. The zero-order valence-electron chi connectivity index (χ0n) is 14.0. The molecular weight excluding hydrogens is 270 g/mol. The van der Waals surface area contributed by atoms with E-state index in [2.05, 4.69) is 0 Å². The highest BCUT2D eigenvalue weighted by atomic mass is 16.6. The van der Waals surface area contributed by atoms with Gasteiger partial charge in [0, 0.05) is 6.54 Å². The minimum absolute atomic E-state index is 0.294. The van der Waals surface area contributed by atoms with E-state index in [0.717, 1.165) is 19.3 Å². The van der Waals surface area contributed by atoms with Gasteiger partial charge in [-0.3, -0.25) is 4.90 Å². The Hall–Kier alpha value is -1.26. The second-order valence-corrected chi connectivity index (χ2v) is 6.59. The van der Waals surface area contributed by atoms with Gasteiger partial charge in [0.15, 0.2) is 0 Å². The Morgan fingerprint density at radius 3 is 2.38 bits per heavy atom. The van der Waals surface area contributed by atoms with Crippen LogP contribution in [-0.4, -0.2) is 41.3 Å². The molecule has 5 heteroatoms. The Kier molecular flexibility index (Phi) is 6.05. The van der Waals surface area contributed by atoms with Gasteiger partial charge in [0.2, 0.25) is 0 Å². The summed E-state index contributed by atoms with van der Waals surface area (Å²) in [6.45, 7) is 10.2. The van der Waals surface area contributed by atoms with Gasteiger partial charge in [-0.2, -0.15) is 0 Å². The lowest BCUT2D eigenvalue weighted by molar-refractivity contribution is -0.160. The molecule has 0 bridgehead atoms. The third-order valence-electron chi connectivity index (χ3n) is 3.67. The Bertz CT molecular complexity index is 371. The van der Waals surface area contributed by atoms with Crippen LogP contribution in [0, 0.1) is 0 Å². The maximum Gasteiger partial charge on any atom is 0.411 e. The van der Waals surface area contributed by atoms with E-state index < -0.39 is 17.2 Å². The molecule has 0 saturated carbocycles. The number of hydrogen-bond donors (Lipinski definition) is 0. The van der Waals surface area contributed by atoms with Crippen molar-refractivity contribution < 1.29 is 19.1 Å². The molecule has 1 amide bonds. The minimum atomic E-state index is -0.856. The van der Waals surface area contributed by atoms with E-state index in [-0.39, 0.29) is 5.97 Å². The normalized spacial score (nSPS) is 22.8. The number of rotatable bonds is 4. The van der Waals surface area contributed by atoms with E-state index >= 15 is 0 Å². The second kappa shape index (κ2) is 7.14. The Balaban J connectivity index is 3.04. The van der Waals surface area contributed by atoms with Crippen LogP contribution in [0.2, 0.25) is 0 Å².